The van der Waals surface area contributed by atoms with Crippen molar-refractivity contribution in [3.05, 3.63) is 80.1 Å². The highest BCUT2D eigenvalue weighted by Gasteiger charge is 2.19. The van der Waals surface area contributed by atoms with Gasteiger partial charge in [-0.25, -0.2) is 4.98 Å². The molecule has 0 atom stereocenters. The van der Waals surface area contributed by atoms with Gasteiger partial charge in [-0.2, -0.15) is 0 Å². The van der Waals surface area contributed by atoms with E-state index < -0.39 is 4.92 Å². The SMILES string of the molecule is COc1c(C(=O)Nc2nc(-c3cccc([N+](=O)[O-])c3)cs2)cc2ccccc2c1Br. The number of hydrogen-bond acceptors (Lipinski definition) is 6. The van der Waals surface area contributed by atoms with Gasteiger partial charge in [0.05, 0.1) is 27.8 Å². The Morgan fingerprint density at radius 2 is 2.00 bits per heavy atom. The van der Waals surface area contributed by atoms with Crippen LogP contribution in [-0.2, 0) is 0 Å². The summed E-state index contributed by atoms with van der Waals surface area (Å²) in [5.74, 6) is 0.0694. The van der Waals surface area contributed by atoms with Crippen LogP contribution in [0.3, 0.4) is 0 Å². The fraction of sp³-hybridized carbons (Fsp3) is 0.0476. The molecular weight excluding hydrogens is 470 g/mol. The fourth-order valence-electron chi connectivity index (χ4n) is 3.06. The van der Waals surface area contributed by atoms with Gasteiger partial charge in [0.2, 0.25) is 0 Å². The van der Waals surface area contributed by atoms with Gasteiger partial charge in [-0.1, -0.05) is 36.4 Å². The van der Waals surface area contributed by atoms with E-state index in [-0.39, 0.29) is 11.6 Å². The van der Waals surface area contributed by atoms with E-state index in [1.54, 1.807) is 23.6 Å². The number of nitrogens with zero attached hydrogens (tertiary/aromatic N) is 2. The Labute approximate surface area is 183 Å². The number of benzene rings is 3. The summed E-state index contributed by atoms with van der Waals surface area (Å²) in [5, 5.41) is 17.7. The van der Waals surface area contributed by atoms with Gasteiger partial charge in [0.15, 0.2) is 5.13 Å². The van der Waals surface area contributed by atoms with Crippen molar-refractivity contribution < 1.29 is 14.5 Å². The number of nitro benzene ring substituents is 1. The lowest BCUT2D eigenvalue weighted by molar-refractivity contribution is -0.384. The molecule has 0 aliphatic rings. The van der Waals surface area contributed by atoms with Crippen molar-refractivity contribution >= 4 is 54.8 Å². The van der Waals surface area contributed by atoms with Crippen molar-refractivity contribution in [1.82, 2.24) is 4.98 Å². The number of carbonyl (C=O) groups excluding carboxylic acids is 1. The number of rotatable bonds is 5. The van der Waals surface area contributed by atoms with Crippen molar-refractivity contribution in [1.29, 1.82) is 0 Å². The molecule has 0 spiro atoms. The van der Waals surface area contributed by atoms with E-state index in [4.69, 9.17) is 4.74 Å². The number of non-ortho nitro benzene ring substituents is 1. The molecule has 0 aliphatic heterocycles. The van der Waals surface area contributed by atoms with Crippen LogP contribution in [0.2, 0.25) is 0 Å². The second-order valence-electron chi connectivity index (χ2n) is 6.29. The number of methoxy groups -OCH3 is 1. The summed E-state index contributed by atoms with van der Waals surface area (Å²) in [6.45, 7) is 0. The molecule has 1 amide bonds. The van der Waals surface area contributed by atoms with E-state index in [0.717, 1.165) is 10.8 Å². The molecule has 9 heteroatoms. The van der Waals surface area contributed by atoms with Crippen molar-refractivity contribution in [3.8, 4) is 17.0 Å². The molecule has 0 radical (unpaired) electrons. The summed E-state index contributed by atoms with van der Waals surface area (Å²) < 4.78 is 6.16. The zero-order valence-corrected chi connectivity index (χ0v) is 18.0. The second kappa shape index (κ2) is 8.21. The zero-order valence-electron chi connectivity index (χ0n) is 15.6. The van der Waals surface area contributed by atoms with Gasteiger partial charge in [0, 0.05) is 23.1 Å². The Kier molecular flexibility index (Phi) is 5.47. The van der Waals surface area contributed by atoms with Gasteiger partial charge in [-0.3, -0.25) is 20.2 Å². The molecule has 4 rings (SSSR count). The summed E-state index contributed by atoms with van der Waals surface area (Å²) in [5.41, 5.74) is 1.50. The van der Waals surface area contributed by atoms with Crippen LogP contribution in [0.25, 0.3) is 22.0 Å². The molecule has 1 N–H and O–H groups in total. The quantitative estimate of drug-likeness (QED) is 0.281. The van der Waals surface area contributed by atoms with E-state index in [1.165, 1.54) is 30.6 Å². The largest absolute Gasteiger partial charge is 0.495 e. The Morgan fingerprint density at radius 3 is 2.77 bits per heavy atom. The average Bonchev–Trinajstić information content (AvgIpc) is 3.22. The molecule has 1 heterocycles. The first-order chi connectivity index (χ1) is 14.5. The minimum atomic E-state index is -0.456. The lowest BCUT2D eigenvalue weighted by Crippen LogP contribution is -2.13. The number of anilines is 1. The predicted octanol–water partition coefficient (Wildman–Crippen LogP) is 5.89. The average molecular weight is 484 g/mol. The van der Waals surface area contributed by atoms with Crippen LogP contribution in [0.15, 0.2) is 64.5 Å². The van der Waals surface area contributed by atoms with E-state index in [2.05, 4.69) is 26.2 Å². The second-order valence-corrected chi connectivity index (χ2v) is 7.94. The standard InChI is InChI=1S/C21H14BrN3O4S/c1-29-19-16(10-12-5-2-3-8-15(12)18(19)22)20(26)24-21-23-17(11-30-21)13-6-4-7-14(9-13)25(27)28/h2-11H,1H3,(H,23,24,26). The highest BCUT2D eigenvalue weighted by molar-refractivity contribution is 9.10. The number of amides is 1. The molecule has 0 bridgehead atoms. The minimum absolute atomic E-state index is 0.0168. The predicted molar refractivity (Wildman–Crippen MR) is 120 cm³/mol. The normalized spacial score (nSPS) is 10.7. The topological polar surface area (TPSA) is 94.4 Å². The van der Waals surface area contributed by atoms with Gasteiger partial charge in [0.25, 0.3) is 11.6 Å². The summed E-state index contributed by atoms with van der Waals surface area (Å²) >= 11 is 4.76. The first-order valence-corrected chi connectivity index (χ1v) is 10.4. The van der Waals surface area contributed by atoms with Gasteiger partial charge < -0.3 is 4.74 Å². The molecule has 30 heavy (non-hydrogen) atoms. The molecule has 7 nitrogen and oxygen atoms in total. The number of aromatic nitrogens is 1. The molecule has 150 valence electrons. The maximum absolute atomic E-state index is 12.9. The Balaban J connectivity index is 1.64. The fourth-order valence-corrected chi connectivity index (χ4v) is 4.51. The highest BCUT2D eigenvalue weighted by Crippen LogP contribution is 2.37. The molecule has 0 aliphatic carbocycles. The van der Waals surface area contributed by atoms with E-state index in [0.29, 0.717) is 32.2 Å². The number of nitro groups is 1. The van der Waals surface area contributed by atoms with Crippen LogP contribution in [-0.4, -0.2) is 22.9 Å². The lowest BCUT2D eigenvalue weighted by Gasteiger charge is -2.12. The maximum atomic E-state index is 12.9. The zero-order chi connectivity index (χ0) is 21.3. The van der Waals surface area contributed by atoms with Crippen molar-refractivity contribution in [3.63, 3.8) is 0 Å². The Bertz CT molecular complexity index is 1290. The van der Waals surface area contributed by atoms with Gasteiger partial charge >= 0.3 is 0 Å². The summed E-state index contributed by atoms with van der Waals surface area (Å²) in [6, 6.07) is 15.6. The Hall–Kier alpha value is -3.30. The number of thiazole rings is 1. The molecule has 0 saturated carbocycles. The van der Waals surface area contributed by atoms with Gasteiger partial charge in [0.1, 0.15) is 5.75 Å². The van der Waals surface area contributed by atoms with E-state index >= 15 is 0 Å². The molecule has 0 fully saturated rings. The molecule has 3 aromatic carbocycles. The summed E-state index contributed by atoms with van der Waals surface area (Å²) in [6.07, 6.45) is 0. The van der Waals surface area contributed by atoms with E-state index in [9.17, 15) is 14.9 Å². The third-order valence-corrected chi connectivity index (χ3v) is 6.01. The number of halogens is 1. The van der Waals surface area contributed by atoms with Gasteiger partial charge in [-0.15, -0.1) is 11.3 Å². The summed E-state index contributed by atoms with van der Waals surface area (Å²) in [7, 11) is 1.51. The number of ether oxygens (including phenoxy) is 1. The van der Waals surface area contributed by atoms with Crippen molar-refractivity contribution in [2.45, 2.75) is 0 Å². The minimum Gasteiger partial charge on any atom is -0.495 e. The number of hydrogen-bond donors (Lipinski definition) is 1. The van der Waals surface area contributed by atoms with Crippen LogP contribution < -0.4 is 10.1 Å². The van der Waals surface area contributed by atoms with Crippen LogP contribution in [0.1, 0.15) is 10.4 Å². The molecule has 0 saturated heterocycles. The van der Waals surface area contributed by atoms with Crippen LogP contribution in [0.5, 0.6) is 5.75 Å². The summed E-state index contributed by atoms with van der Waals surface area (Å²) in [4.78, 5) is 27.9. The maximum Gasteiger partial charge on any atom is 0.270 e. The van der Waals surface area contributed by atoms with Gasteiger partial charge in [-0.05, 0) is 32.8 Å². The third-order valence-electron chi connectivity index (χ3n) is 4.47. The van der Waals surface area contributed by atoms with E-state index in [1.807, 2.05) is 24.3 Å². The molecular formula is C21H14BrN3O4S. The third kappa shape index (κ3) is 3.77. The molecule has 4 aromatic rings. The van der Waals surface area contributed by atoms with Crippen LogP contribution >= 0.6 is 27.3 Å². The Morgan fingerprint density at radius 1 is 1.20 bits per heavy atom. The highest BCUT2D eigenvalue weighted by atomic mass is 79.9. The number of nitrogens with one attached hydrogen (secondary N) is 1. The van der Waals surface area contributed by atoms with Crippen LogP contribution in [0.4, 0.5) is 10.8 Å². The number of fused-ring (bicyclic) bond motifs is 1. The monoisotopic (exact) mass is 483 g/mol. The van der Waals surface area contributed by atoms with Crippen LogP contribution in [0, 0.1) is 10.1 Å². The molecule has 0 unspecified atom stereocenters. The number of carbonyl (C=O) groups is 1. The molecule has 1 aromatic heterocycles. The first kappa shape index (κ1) is 20.0. The van der Waals surface area contributed by atoms with Crippen molar-refractivity contribution in [2.75, 3.05) is 12.4 Å². The lowest BCUT2D eigenvalue weighted by atomic mass is 10.1. The smallest absolute Gasteiger partial charge is 0.270 e. The van der Waals surface area contributed by atoms with Crippen molar-refractivity contribution in [2.24, 2.45) is 0 Å². The first-order valence-electron chi connectivity index (χ1n) is 8.75.